The highest BCUT2D eigenvalue weighted by atomic mass is 35.5. The first-order valence-corrected chi connectivity index (χ1v) is 14.3. The van der Waals surface area contributed by atoms with Crippen LogP contribution in [0, 0.1) is 12.5 Å². The molecule has 2 aliphatic heterocycles. The van der Waals surface area contributed by atoms with Crippen molar-refractivity contribution in [2.45, 2.75) is 69.6 Å². The molecule has 0 amide bonds. The second-order valence-corrected chi connectivity index (χ2v) is 11.6. The zero-order chi connectivity index (χ0) is 26.1. The Morgan fingerprint density at radius 2 is 2.00 bits per heavy atom. The fourth-order valence-corrected chi connectivity index (χ4v) is 6.95. The summed E-state index contributed by atoms with van der Waals surface area (Å²) in [6.45, 7) is 10.2. The summed E-state index contributed by atoms with van der Waals surface area (Å²) in [5, 5.41) is 2.91. The zero-order valence-electron chi connectivity index (χ0n) is 22.0. The maximum absolute atomic E-state index is 7.37. The third-order valence-corrected chi connectivity index (χ3v) is 9.06. The number of aromatic nitrogens is 2. The number of hydrogen-bond donors (Lipinski definition) is 0. The van der Waals surface area contributed by atoms with Gasteiger partial charge in [-0.3, -0.25) is 0 Å². The van der Waals surface area contributed by atoms with Gasteiger partial charge in [-0.15, -0.1) is 0 Å². The predicted octanol–water partition coefficient (Wildman–Crippen LogP) is 6.76. The molecule has 0 radical (unpaired) electrons. The number of nitrogens with zero attached hydrogens (tertiary/aromatic N) is 4. The van der Waals surface area contributed by atoms with E-state index in [-0.39, 0.29) is 6.10 Å². The van der Waals surface area contributed by atoms with Crippen LogP contribution >= 0.6 is 11.6 Å². The molecule has 7 heteroatoms. The van der Waals surface area contributed by atoms with Crippen molar-refractivity contribution in [2.24, 2.45) is 5.92 Å². The van der Waals surface area contributed by atoms with Crippen LogP contribution in [0.25, 0.3) is 15.6 Å². The van der Waals surface area contributed by atoms with E-state index in [2.05, 4.69) is 41.1 Å². The molecule has 4 atom stereocenters. The fraction of sp³-hybridized carbons (Fsp3) is 0.516. The number of benzene rings is 2. The molecule has 1 aliphatic carbocycles. The Balaban J connectivity index is 1.34. The molecule has 6 rings (SSSR count). The van der Waals surface area contributed by atoms with Crippen molar-refractivity contribution in [1.82, 2.24) is 14.9 Å². The van der Waals surface area contributed by atoms with Crippen LogP contribution in [0.4, 0.5) is 0 Å². The van der Waals surface area contributed by atoms with Crippen molar-refractivity contribution in [3.8, 4) is 6.01 Å². The minimum atomic E-state index is -0.135. The van der Waals surface area contributed by atoms with Crippen molar-refractivity contribution < 1.29 is 9.47 Å². The standard InChI is InChI=1S/C31H35ClN4O2/c1-33-17-20-7-3-10-22(15-20)30-25-19-37-28(24-12-4-8-21-9-5-13-26(32)29(21)24)16-27(25)34-31(35-30)38-18-23-11-6-14-36(23)2/h4-5,8-9,12-13,20,22-23,28H,3,6-7,10-11,14-19H2,2H3/t20-,22?,23-,28?/m1/s1. The van der Waals surface area contributed by atoms with Crippen LogP contribution in [-0.4, -0.2) is 47.7 Å². The van der Waals surface area contributed by atoms with E-state index < -0.39 is 0 Å². The normalized spacial score (nSPS) is 25.7. The maximum Gasteiger partial charge on any atom is 0.316 e. The molecule has 3 heterocycles. The monoisotopic (exact) mass is 530 g/mol. The predicted molar refractivity (Wildman–Crippen MR) is 150 cm³/mol. The average Bonchev–Trinajstić information content (AvgIpc) is 3.35. The van der Waals surface area contributed by atoms with E-state index in [1.807, 2.05) is 12.1 Å². The van der Waals surface area contributed by atoms with Crippen LogP contribution in [0.15, 0.2) is 36.4 Å². The summed E-state index contributed by atoms with van der Waals surface area (Å²) in [4.78, 5) is 16.1. The number of halogens is 1. The summed E-state index contributed by atoms with van der Waals surface area (Å²) in [7, 11) is 2.16. The number of rotatable bonds is 6. The lowest BCUT2D eigenvalue weighted by Crippen LogP contribution is -2.31. The molecule has 6 nitrogen and oxygen atoms in total. The summed E-state index contributed by atoms with van der Waals surface area (Å²) >= 11 is 6.66. The number of likely N-dealkylation sites (N-methyl/N-ethyl adjacent to an activating group) is 1. The third-order valence-electron chi connectivity index (χ3n) is 8.74. The molecule has 1 aromatic heterocycles. The van der Waals surface area contributed by atoms with E-state index in [1.54, 1.807) is 0 Å². The molecule has 2 fully saturated rings. The lowest BCUT2D eigenvalue weighted by molar-refractivity contribution is 0.0251. The second kappa shape index (κ2) is 11.2. The summed E-state index contributed by atoms with van der Waals surface area (Å²) in [5.41, 5.74) is 4.32. The van der Waals surface area contributed by atoms with E-state index in [0.717, 1.165) is 77.0 Å². The summed E-state index contributed by atoms with van der Waals surface area (Å²) in [5.74, 6) is 0.749. The minimum absolute atomic E-state index is 0.135. The quantitative estimate of drug-likeness (QED) is 0.329. The Morgan fingerprint density at radius 3 is 2.82 bits per heavy atom. The van der Waals surface area contributed by atoms with Gasteiger partial charge in [0.2, 0.25) is 6.54 Å². The lowest BCUT2D eigenvalue weighted by Gasteiger charge is -2.32. The van der Waals surface area contributed by atoms with Gasteiger partial charge < -0.3 is 19.2 Å². The molecule has 38 heavy (non-hydrogen) atoms. The van der Waals surface area contributed by atoms with Crippen LogP contribution in [0.5, 0.6) is 6.01 Å². The van der Waals surface area contributed by atoms with Gasteiger partial charge in [0.1, 0.15) is 6.61 Å². The van der Waals surface area contributed by atoms with E-state index in [9.17, 15) is 0 Å². The van der Waals surface area contributed by atoms with Gasteiger partial charge in [-0.25, -0.2) is 6.57 Å². The summed E-state index contributed by atoms with van der Waals surface area (Å²) in [6.07, 6.45) is 7.22. The van der Waals surface area contributed by atoms with Gasteiger partial charge in [-0.2, -0.15) is 9.97 Å². The van der Waals surface area contributed by atoms with Gasteiger partial charge in [0.05, 0.1) is 24.1 Å². The third kappa shape index (κ3) is 5.12. The van der Waals surface area contributed by atoms with Crippen molar-refractivity contribution in [3.05, 3.63) is 75.4 Å². The molecule has 2 unspecified atom stereocenters. The first kappa shape index (κ1) is 25.6. The van der Waals surface area contributed by atoms with E-state index >= 15 is 0 Å². The van der Waals surface area contributed by atoms with E-state index in [1.165, 1.54) is 6.42 Å². The van der Waals surface area contributed by atoms with Crippen molar-refractivity contribution in [1.29, 1.82) is 0 Å². The highest BCUT2D eigenvalue weighted by molar-refractivity contribution is 6.35. The Kier molecular flexibility index (Phi) is 7.52. The summed E-state index contributed by atoms with van der Waals surface area (Å²) in [6, 6.07) is 13.2. The van der Waals surface area contributed by atoms with Gasteiger partial charge in [0, 0.05) is 40.3 Å². The summed E-state index contributed by atoms with van der Waals surface area (Å²) < 4.78 is 12.8. The highest BCUT2D eigenvalue weighted by Gasteiger charge is 2.33. The van der Waals surface area contributed by atoms with Gasteiger partial charge in [0.25, 0.3) is 0 Å². The van der Waals surface area contributed by atoms with Gasteiger partial charge in [-0.1, -0.05) is 48.4 Å². The van der Waals surface area contributed by atoms with Crippen molar-refractivity contribution >= 4 is 22.4 Å². The minimum Gasteiger partial charge on any atom is -0.462 e. The van der Waals surface area contributed by atoms with E-state index in [0.29, 0.717) is 50.1 Å². The van der Waals surface area contributed by atoms with Crippen LogP contribution in [0.1, 0.15) is 73.1 Å². The molecule has 1 saturated heterocycles. The topological polar surface area (TPSA) is 51.8 Å². The molecule has 0 spiro atoms. The molecule has 2 aromatic carbocycles. The first-order chi connectivity index (χ1) is 18.6. The van der Waals surface area contributed by atoms with E-state index in [4.69, 9.17) is 37.6 Å². The Bertz CT molecular complexity index is 1350. The van der Waals surface area contributed by atoms with Crippen LogP contribution in [0.2, 0.25) is 5.02 Å². The zero-order valence-corrected chi connectivity index (χ0v) is 22.8. The number of likely N-dealkylation sites (tertiary alicyclic amines) is 1. The number of fused-ring (bicyclic) bond motifs is 2. The lowest BCUT2D eigenvalue weighted by atomic mass is 9.78. The van der Waals surface area contributed by atoms with Crippen LogP contribution < -0.4 is 4.74 Å². The molecular formula is C31H35ClN4O2. The molecular weight excluding hydrogens is 496 g/mol. The van der Waals surface area contributed by atoms with Crippen LogP contribution in [0.3, 0.4) is 0 Å². The number of hydrogen-bond acceptors (Lipinski definition) is 5. The number of ether oxygens (including phenoxy) is 2. The largest absolute Gasteiger partial charge is 0.462 e. The average molecular weight is 531 g/mol. The van der Waals surface area contributed by atoms with Gasteiger partial charge in [-0.05, 0) is 62.7 Å². The second-order valence-electron chi connectivity index (χ2n) is 11.2. The molecule has 0 N–H and O–H groups in total. The molecule has 3 aliphatic rings. The smallest absolute Gasteiger partial charge is 0.316 e. The molecule has 1 saturated carbocycles. The Labute approximate surface area is 230 Å². The SMILES string of the molecule is [C-]#[N+]C[C@@H]1CCCC(c2nc(OC[C@H]3CCCN3C)nc3c2COC(c2cccc4cccc(Cl)c24)C3)C1. The fourth-order valence-electron chi connectivity index (χ4n) is 6.66. The van der Waals surface area contributed by atoms with Gasteiger partial charge in [0.15, 0.2) is 0 Å². The van der Waals surface area contributed by atoms with Crippen molar-refractivity contribution in [2.75, 3.05) is 26.7 Å². The maximum atomic E-state index is 7.37. The Morgan fingerprint density at radius 1 is 1.13 bits per heavy atom. The molecule has 0 bridgehead atoms. The van der Waals surface area contributed by atoms with Gasteiger partial charge >= 0.3 is 6.01 Å². The molecule has 3 aromatic rings. The van der Waals surface area contributed by atoms with Crippen LogP contribution in [-0.2, 0) is 17.8 Å². The van der Waals surface area contributed by atoms with Crippen molar-refractivity contribution in [3.63, 3.8) is 0 Å². The Hall–Kier alpha value is -2.72. The first-order valence-electron chi connectivity index (χ1n) is 14.0. The molecule has 198 valence electrons. The highest BCUT2D eigenvalue weighted by Crippen LogP contribution is 2.42.